The highest BCUT2D eigenvalue weighted by atomic mass is 32.1. The molecule has 7 nitrogen and oxygen atoms in total. The molecule has 8 heteroatoms. The van der Waals surface area contributed by atoms with Gasteiger partial charge in [0.1, 0.15) is 0 Å². The Morgan fingerprint density at radius 3 is 2.33 bits per heavy atom. The molecule has 1 aromatic heterocycles. The number of nitrogens with zero attached hydrogens (tertiary/aromatic N) is 3. The van der Waals surface area contributed by atoms with Crippen LogP contribution in [-0.2, 0) is 0 Å². The van der Waals surface area contributed by atoms with Crippen molar-refractivity contribution in [2.75, 3.05) is 33.7 Å². The van der Waals surface area contributed by atoms with E-state index in [-0.39, 0.29) is 5.56 Å². The van der Waals surface area contributed by atoms with Crippen molar-refractivity contribution in [2.45, 2.75) is 0 Å². The number of fused-ring (bicyclic) bond motifs is 1. The minimum atomic E-state index is -0.288. The molecule has 0 aliphatic carbocycles. The number of ether oxygens (including phenoxy) is 2. The molecule has 3 rings (SSSR count). The quantitative estimate of drug-likeness (QED) is 0.693. The first kappa shape index (κ1) is 18.7. The van der Waals surface area contributed by atoms with Crippen molar-refractivity contribution >= 4 is 28.2 Å². The minimum Gasteiger partial charge on any atom is -0.493 e. The smallest absolute Gasteiger partial charge is 0.280 e. The van der Waals surface area contributed by atoms with E-state index in [2.05, 4.69) is 10.4 Å². The Balaban J connectivity index is 2.33. The SMILES string of the molecule is COc1cc2nc(-c3ccccc3)n(NC(=S)N(C)C)c(=O)c2cc1OC. The molecule has 1 heterocycles. The van der Waals surface area contributed by atoms with Gasteiger partial charge in [-0.2, -0.15) is 4.68 Å². The summed E-state index contributed by atoms with van der Waals surface area (Å²) in [6.45, 7) is 0. The first-order chi connectivity index (χ1) is 13.0. The van der Waals surface area contributed by atoms with E-state index in [1.807, 2.05) is 30.3 Å². The summed E-state index contributed by atoms with van der Waals surface area (Å²) in [4.78, 5) is 19.6. The predicted octanol–water partition coefficient (Wildman–Crippen LogP) is 2.47. The lowest BCUT2D eigenvalue weighted by Crippen LogP contribution is -2.40. The van der Waals surface area contributed by atoms with Gasteiger partial charge in [0.25, 0.3) is 5.56 Å². The molecule has 0 spiro atoms. The number of hydrogen-bond donors (Lipinski definition) is 1. The molecule has 0 unspecified atom stereocenters. The van der Waals surface area contributed by atoms with Gasteiger partial charge in [0, 0.05) is 25.7 Å². The first-order valence-electron chi connectivity index (χ1n) is 8.18. The van der Waals surface area contributed by atoms with Gasteiger partial charge in [-0.3, -0.25) is 10.2 Å². The zero-order chi connectivity index (χ0) is 19.6. The predicted molar refractivity (Wildman–Crippen MR) is 110 cm³/mol. The van der Waals surface area contributed by atoms with Gasteiger partial charge in [0.05, 0.1) is 25.1 Å². The molecule has 3 aromatic rings. The lowest BCUT2D eigenvalue weighted by molar-refractivity contribution is 0.355. The summed E-state index contributed by atoms with van der Waals surface area (Å²) >= 11 is 5.32. The van der Waals surface area contributed by atoms with Gasteiger partial charge >= 0.3 is 0 Å². The average molecular weight is 384 g/mol. The second-order valence-corrected chi connectivity index (χ2v) is 6.36. The number of aromatic nitrogens is 2. The molecule has 0 bridgehead atoms. The van der Waals surface area contributed by atoms with Crippen molar-refractivity contribution in [3.8, 4) is 22.9 Å². The van der Waals surface area contributed by atoms with E-state index in [9.17, 15) is 4.79 Å². The molecule has 0 aliphatic heterocycles. The van der Waals surface area contributed by atoms with Gasteiger partial charge in [-0.15, -0.1) is 0 Å². The van der Waals surface area contributed by atoms with Crippen molar-refractivity contribution in [1.82, 2.24) is 14.6 Å². The molecule has 0 atom stereocenters. The van der Waals surface area contributed by atoms with Crippen LogP contribution in [0.1, 0.15) is 0 Å². The highest BCUT2D eigenvalue weighted by Gasteiger charge is 2.17. The minimum absolute atomic E-state index is 0.288. The number of benzene rings is 2. The second-order valence-electron chi connectivity index (χ2n) is 5.98. The topological polar surface area (TPSA) is 68.6 Å². The zero-order valence-corrected chi connectivity index (χ0v) is 16.3. The molecule has 0 saturated heterocycles. The molecular formula is C19H20N4O3S. The standard InChI is InChI=1S/C19H20N4O3S/c1-22(2)19(27)21-23-17(12-8-6-5-7-9-12)20-14-11-16(26-4)15(25-3)10-13(14)18(23)24/h5-11H,1-4H3,(H,21,27). The van der Waals surface area contributed by atoms with Crippen LogP contribution in [0.3, 0.4) is 0 Å². The van der Waals surface area contributed by atoms with Crippen molar-refractivity contribution in [2.24, 2.45) is 0 Å². The Morgan fingerprint density at radius 2 is 1.74 bits per heavy atom. The van der Waals surface area contributed by atoms with Crippen LogP contribution in [0.25, 0.3) is 22.3 Å². The molecule has 0 amide bonds. The fourth-order valence-corrected chi connectivity index (χ4v) is 2.68. The summed E-state index contributed by atoms with van der Waals surface area (Å²) < 4.78 is 12.0. The lowest BCUT2D eigenvalue weighted by Gasteiger charge is -2.20. The molecule has 1 N–H and O–H groups in total. The van der Waals surface area contributed by atoms with Crippen LogP contribution in [0.4, 0.5) is 0 Å². The molecular weight excluding hydrogens is 364 g/mol. The van der Waals surface area contributed by atoms with E-state index in [4.69, 9.17) is 21.7 Å². The first-order valence-corrected chi connectivity index (χ1v) is 8.59. The van der Waals surface area contributed by atoms with Crippen LogP contribution in [-0.4, -0.2) is 48.0 Å². The van der Waals surface area contributed by atoms with Crippen molar-refractivity contribution in [3.05, 3.63) is 52.8 Å². The third-order valence-corrected chi connectivity index (χ3v) is 4.48. The number of nitrogens with one attached hydrogen (secondary N) is 1. The molecule has 140 valence electrons. The van der Waals surface area contributed by atoms with Crippen LogP contribution in [0.15, 0.2) is 47.3 Å². The summed E-state index contributed by atoms with van der Waals surface area (Å²) in [6.07, 6.45) is 0. The van der Waals surface area contributed by atoms with Gasteiger partial charge < -0.3 is 14.4 Å². The van der Waals surface area contributed by atoms with Crippen LogP contribution in [0.5, 0.6) is 11.5 Å². The van der Waals surface area contributed by atoms with Gasteiger partial charge in [-0.1, -0.05) is 30.3 Å². The lowest BCUT2D eigenvalue weighted by atomic mass is 10.1. The van der Waals surface area contributed by atoms with Gasteiger partial charge in [-0.05, 0) is 18.3 Å². The van der Waals surface area contributed by atoms with E-state index >= 15 is 0 Å². The fraction of sp³-hybridized carbons (Fsp3) is 0.211. The van der Waals surface area contributed by atoms with Crippen molar-refractivity contribution < 1.29 is 9.47 Å². The Bertz CT molecular complexity index is 1050. The highest BCUT2D eigenvalue weighted by Crippen LogP contribution is 2.31. The largest absolute Gasteiger partial charge is 0.493 e. The van der Waals surface area contributed by atoms with E-state index in [1.54, 1.807) is 38.2 Å². The van der Waals surface area contributed by atoms with Gasteiger partial charge in [0.2, 0.25) is 0 Å². The highest BCUT2D eigenvalue weighted by molar-refractivity contribution is 7.80. The maximum absolute atomic E-state index is 13.2. The molecule has 0 aliphatic rings. The van der Waals surface area contributed by atoms with Gasteiger partial charge in [0.15, 0.2) is 22.4 Å². The number of thiocarbonyl (C=S) groups is 1. The third kappa shape index (κ3) is 3.56. The van der Waals surface area contributed by atoms with E-state index in [0.29, 0.717) is 33.3 Å². The maximum Gasteiger partial charge on any atom is 0.280 e. The number of hydrogen-bond acceptors (Lipinski definition) is 5. The fourth-order valence-electron chi connectivity index (χ4n) is 2.59. The zero-order valence-electron chi connectivity index (χ0n) is 15.5. The monoisotopic (exact) mass is 384 g/mol. The Kier molecular flexibility index (Phi) is 5.27. The number of rotatable bonds is 4. The Hall–Kier alpha value is -3.13. The average Bonchev–Trinajstić information content (AvgIpc) is 2.69. The third-order valence-electron chi connectivity index (χ3n) is 4.02. The molecule has 0 saturated carbocycles. The van der Waals surface area contributed by atoms with Gasteiger partial charge in [-0.25, -0.2) is 4.98 Å². The van der Waals surface area contributed by atoms with E-state index in [0.717, 1.165) is 5.56 Å². The molecule has 0 fully saturated rings. The summed E-state index contributed by atoms with van der Waals surface area (Å²) in [7, 11) is 6.66. The Morgan fingerprint density at radius 1 is 1.11 bits per heavy atom. The normalized spacial score (nSPS) is 10.5. The van der Waals surface area contributed by atoms with E-state index < -0.39 is 0 Å². The second kappa shape index (κ2) is 7.63. The molecule has 0 radical (unpaired) electrons. The summed E-state index contributed by atoms with van der Waals surface area (Å²) in [5, 5.41) is 0.775. The van der Waals surface area contributed by atoms with Crippen molar-refractivity contribution in [1.29, 1.82) is 0 Å². The summed E-state index contributed by atoms with van der Waals surface area (Å²) in [5.74, 6) is 1.41. The van der Waals surface area contributed by atoms with Crippen LogP contribution >= 0.6 is 12.2 Å². The van der Waals surface area contributed by atoms with Crippen LogP contribution in [0, 0.1) is 0 Å². The van der Waals surface area contributed by atoms with E-state index in [1.165, 1.54) is 11.8 Å². The maximum atomic E-state index is 13.2. The summed E-state index contributed by atoms with van der Waals surface area (Å²) in [6, 6.07) is 12.7. The van der Waals surface area contributed by atoms with Crippen LogP contribution in [0.2, 0.25) is 0 Å². The summed E-state index contributed by atoms with van der Waals surface area (Å²) in [5.41, 5.74) is 3.96. The number of methoxy groups -OCH3 is 2. The molecule has 2 aromatic carbocycles. The molecule has 27 heavy (non-hydrogen) atoms. The van der Waals surface area contributed by atoms with Crippen LogP contribution < -0.4 is 20.5 Å². The van der Waals surface area contributed by atoms with Crippen molar-refractivity contribution in [3.63, 3.8) is 0 Å². The Labute approximate surface area is 162 Å².